The summed E-state index contributed by atoms with van der Waals surface area (Å²) in [5.41, 5.74) is 1.90. The number of hydrogen-bond acceptors (Lipinski definition) is 5. The molecule has 2 amide bonds. The van der Waals surface area contributed by atoms with Gasteiger partial charge < -0.3 is 20.1 Å². The van der Waals surface area contributed by atoms with Crippen molar-refractivity contribution in [2.24, 2.45) is 5.92 Å². The highest BCUT2D eigenvalue weighted by atomic mass is 16.5. The fourth-order valence-electron chi connectivity index (χ4n) is 3.92. The van der Waals surface area contributed by atoms with Crippen LogP contribution >= 0.6 is 0 Å². The van der Waals surface area contributed by atoms with E-state index in [1.807, 2.05) is 92.7 Å². The molecule has 0 aliphatic carbocycles. The molecule has 7 heteroatoms. The quantitative estimate of drug-likeness (QED) is 0.311. The summed E-state index contributed by atoms with van der Waals surface area (Å²) in [6.07, 6.45) is 0.713. The number of ether oxygens (including phenoxy) is 2. The largest absolute Gasteiger partial charge is 0.486 e. The Kier molecular flexibility index (Phi) is 11.4. The number of alkyl carbamates (subject to hydrolysis) is 1. The van der Waals surface area contributed by atoms with Crippen molar-refractivity contribution in [2.75, 3.05) is 6.61 Å². The second kappa shape index (κ2) is 15.2. The second-order valence-electron chi connectivity index (χ2n) is 9.54. The van der Waals surface area contributed by atoms with Gasteiger partial charge in [0.1, 0.15) is 25.0 Å². The lowest BCUT2D eigenvalue weighted by atomic mass is 10.00. The maximum atomic E-state index is 13.3. The van der Waals surface area contributed by atoms with E-state index in [9.17, 15) is 14.4 Å². The first-order valence-corrected chi connectivity index (χ1v) is 12.9. The van der Waals surface area contributed by atoms with E-state index in [2.05, 4.69) is 10.6 Å². The lowest BCUT2D eigenvalue weighted by Crippen LogP contribution is -2.52. The van der Waals surface area contributed by atoms with E-state index in [0.29, 0.717) is 25.0 Å². The zero-order valence-corrected chi connectivity index (χ0v) is 22.0. The number of carbonyl (C=O) groups is 3. The van der Waals surface area contributed by atoms with Gasteiger partial charge in [0.2, 0.25) is 5.91 Å². The van der Waals surface area contributed by atoms with Crippen LogP contribution in [0.5, 0.6) is 5.75 Å². The summed E-state index contributed by atoms with van der Waals surface area (Å²) in [5, 5.41) is 5.55. The van der Waals surface area contributed by atoms with E-state index < -0.39 is 24.1 Å². The standard InChI is InChI=1S/C31H36N2O5/c1-23(2)20-28(33-31(36)38-21-25-14-8-4-9-15-25)30(35)32-27(19-18-24-12-6-3-7-13-24)29(34)22-37-26-16-10-5-11-17-26/h3-17,23,27-28H,18-22H2,1-2H3,(H,32,35)(H,33,36)/t27-,28-/m0/s1. The predicted molar refractivity (Wildman–Crippen MR) is 147 cm³/mol. The molecule has 0 saturated heterocycles. The summed E-state index contributed by atoms with van der Waals surface area (Å²) in [5.74, 6) is 0.0316. The van der Waals surface area contributed by atoms with Gasteiger partial charge in [-0.3, -0.25) is 9.59 Å². The molecule has 2 N–H and O–H groups in total. The van der Waals surface area contributed by atoms with Gasteiger partial charge in [0, 0.05) is 0 Å². The van der Waals surface area contributed by atoms with Crippen molar-refractivity contribution in [2.45, 2.75) is 51.8 Å². The lowest BCUT2D eigenvalue weighted by molar-refractivity contribution is -0.130. The van der Waals surface area contributed by atoms with Crippen molar-refractivity contribution in [1.29, 1.82) is 0 Å². The van der Waals surface area contributed by atoms with Gasteiger partial charge in [-0.25, -0.2) is 4.79 Å². The first-order chi connectivity index (χ1) is 18.4. The number of ketones is 1. The molecule has 0 saturated carbocycles. The molecular weight excluding hydrogens is 480 g/mol. The number of nitrogens with one attached hydrogen (secondary N) is 2. The van der Waals surface area contributed by atoms with Crippen molar-refractivity contribution in [3.8, 4) is 5.75 Å². The molecule has 0 aromatic heterocycles. The molecule has 0 aliphatic rings. The van der Waals surface area contributed by atoms with Gasteiger partial charge >= 0.3 is 6.09 Å². The summed E-state index contributed by atoms with van der Waals surface area (Å²) in [6.45, 7) is 3.84. The van der Waals surface area contributed by atoms with Crippen molar-refractivity contribution < 1.29 is 23.9 Å². The Morgan fingerprint density at radius 1 is 0.737 bits per heavy atom. The normalized spacial score (nSPS) is 12.3. The average Bonchev–Trinajstić information content (AvgIpc) is 2.93. The van der Waals surface area contributed by atoms with Gasteiger partial charge in [0.05, 0.1) is 6.04 Å². The van der Waals surface area contributed by atoms with Gasteiger partial charge in [-0.15, -0.1) is 0 Å². The van der Waals surface area contributed by atoms with Crippen LogP contribution in [0.25, 0.3) is 0 Å². The highest BCUT2D eigenvalue weighted by molar-refractivity contribution is 5.92. The first kappa shape index (κ1) is 28.4. The van der Waals surface area contributed by atoms with Gasteiger partial charge in [0.25, 0.3) is 0 Å². The summed E-state index contributed by atoms with van der Waals surface area (Å²) in [4.78, 5) is 39.0. The highest BCUT2D eigenvalue weighted by Crippen LogP contribution is 2.12. The van der Waals surface area contributed by atoms with Crippen LogP contribution in [0.15, 0.2) is 91.0 Å². The minimum atomic E-state index is -0.847. The number of hydrogen-bond donors (Lipinski definition) is 2. The number of para-hydroxylation sites is 1. The maximum absolute atomic E-state index is 13.3. The molecular formula is C31H36N2O5. The fraction of sp³-hybridized carbons (Fsp3) is 0.323. The summed E-state index contributed by atoms with van der Waals surface area (Å²) in [7, 11) is 0. The number of aryl methyl sites for hydroxylation is 1. The number of rotatable bonds is 14. The molecule has 0 heterocycles. The van der Waals surface area contributed by atoms with Crippen molar-refractivity contribution in [3.05, 3.63) is 102 Å². The fourth-order valence-corrected chi connectivity index (χ4v) is 3.92. The van der Waals surface area contributed by atoms with E-state index >= 15 is 0 Å². The molecule has 0 bridgehead atoms. The molecule has 0 aliphatic heterocycles. The SMILES string of the molecule is CC(C)C[C@H](NC(=O)OCc1ccccc1)C(=O)N[C@@H](CCc1ccccc1)C(=O)COc1ccccc1. The van der Waals surface area contributed by atoms with E-state index in [1.54, 1.807) is 12.1 Å². The van der Waals surface area contributed by atoms with Crippen LogP contribution in [0.4, 0.5) is 4.79 Å². The monoisotopic (exact) mass is 516 g/mol. The molecule has 0 spiro atoms. The van der Waals surface area contributed by atoms with Crippen LogP contribution in [0, 0.1) is 5.92 Å². The minimum Gasteiger partial charge on any atom is -0.486 e. The molecule has 38 heavy (non-hydrogen) atoms. The van der Waals surface area contributed by atoms with Crippen LogP contribution in [-0.2, 0) is 27.4 Å². The van der Waals surface area contributed by atoms with Crippen molar-refractivity contribution in [3.63, 3.8) is 0 Å². The van der Waals surface area contributed by atoms with E-state index in [4.69, 9.17) is 9.47 Å². The molecule has 3 aromatic carbocycles. The van der Waals surface area contributed by atoms with Crippen molar-refractivity contribution in [1.82, 2.24) is 10.6 Å². The summed E-state index contributed by atoms with van der Waals surface area (Å²) in [6, 6.07) is 26.5. The summed E-state index contributed by atoms with van der Waals surface area (Å²) >= 11 is 0. The van der Waals surface area contributed by atoms with Crippen LogP contribution in [0.2, 0.25) is 0 Å². The summed E-state index contributed by atoms with van der Waals surface area (Å²) < 4.78 is 11.0. The Bertz CT molecular complexity index is 1140. The first-order valence-electron chi connectivity index (χ1n) is 12.9. The Balaban J connectivity index is 1.64. The molecule has 0 fully saturated rings. The predicted octanol–water partition coefficient (Wildman–Crippen LogP) is 5.09. The molecule has 0 unspecified atom stereocenters. The maximum Gasteiger partial charge on any atom is 0.408 e. The number of amides is 2. The van der Waals surface area contributed by atoms with Crippen LogP contribution in [0.3, 0.4) is 0 Å². The molecule has 0 radical (unpaired) electrons. The Labute approximate surface area is 224 Å². The van der Waals surface area contributed by atoms with Gasteiger partial charge in [0.15, 0.2) is 5.78 Å². The topological polar surface area (TPSA) is 93.7 Å². The second-order valence-corrected chi connectivity index (χ2v) is 9.54. The van der Waals surface area contributed by atoms with Crippen LogP contribution < -0.4 is 15.4 Å². The average molecular weight is 517 g/mol. The van der Waals surface area contributed by atoms with Crippen LogP contribution in [0.1, 0.15) is 37.8 Å². The smallest absolute Gasteiger partial charge is 0.408 e. The van der Waals surface area contributed by atoms with Gasteiger partial charge in [-0.1, -0.05) is 92.7 Å². The van der Waals surface area contributed by atoms with Crippen LogP contribution in [-0.4, -0.2) is 36.5 Å². The van der Waals surface area contributed by atoms with Crippen molar-refractivity contribution >= 4 is 17.8 Å². The van der Waals surface area contributed by atoms with E-state index in [0.717, 1.165) is 11.1 Å². The third kappa shape index (κ3) is 10.1. The molecule has 3 aromatic rings. The zero-order valence-electron chi connectivity index (χ0n) is 22.0. The third-order valence-corrected chi connectivity index (χ3v) is 5.92. The van der Waals surface area contributed by atoms with Gasteiger partial charge in [-0.05, 0) is 48.4 Å². The number of carbonyl (C=O) groups excluding carboxylic acids is 3. The van der Waals surface area contributed by atoms with E-state index in [1.165, 1.54) is 0 Å². The zero-order chi connectivity index (χ0) is 27.2. The molecule has 200 valence electrons. The Hall–Kier alpha value is -4.13. The Morgan fingerprint density at radius 2 is 1.32 bits per heavy atom. The third-order valence-electron chi connectivity index (χ3n) is 5.92. The highest BCUT2D eigenvalue weighted by Gasteiger charge is 2.28. The molecule has 2 atom stereocenters. The lowest BCUT2D eigenvalue weighted by Gasteiger charge is -2.24. The minimum absolute atomic E-state index is 0.0949. The molecule has 7 nitrogen and oxygen atoms in total. The number of Topliss-reactive ketones (excluding diaryl/α,β-unsaturated/α-hetero) is 1. The van der Waals surface area contributed by atoms with Gasteiger partial charge in [-0.2, -0.15) is 0 Å². The van der Waals surface area contributed by atoms with E-state index in [-0.39, 0.29) is 24.9 Å². The number of benzene rings is 3. The molecule has 3 rings (SSSR count). The Morgan fingerprint density at radius 3 is 1.92 bits per heavy atom.